The molecule has 0 aliphatic rings. The largest absolute Gasteiger partial charge is 0.331 e. The SMILES string of the molecule is Cc1ccc(Cl)cc1NC(=O)NC(C)c1c(-n2cccc2)sc(C)c1C. The third kappa shape index (κ3) is 3.79. The molecule has 3 rings (SSSR count). The number of nitrogens with one attached hydrogen (secondary N) is 2. The van der Waals surface area contributed by atoms with Crippen molar-refractivity contribution in [1.29, 1.82) is 0 Å². The van der Waals surface area contributed by atoms with E-state index < -0.39 is 0 Å². The number of carbonyl (C=O) groups excluding carboxylic acids is 1. The Morgan fingerprint density at radius 1 is 1.19 bits per heavy atom. The number of amides is 2. The topological polar surface area (TPSA) is 46.1 Å². The summed E-state index contributed by atoms with van der Waals surface area (Å²) in [6.45, 7) is 8.15. The van der Waals surface area contributed by atoms with Crippen molar-refractivity contribution in [1.82, 2.24) is 9.88 Å². The quantitative estimate of drug-likeness (QED) is 0.566. The van der Waals surface area contributed by atoms with Crippen LogP contribution < -0.4 is 10.6 Å². The Morgan fingerprint density at radius 3 is 2.58 bits per heavy atom. The lowest BCUT2D eigenvalue weighted by Crippen LogP contribution is -2.32. The summed E-state index contributed by atoms with van der Waals surface area (Å²) in [6, 6.07) is 9.08. The summed E-state index contributed by atoms with van der Waals surface area (Å²) in [5.41, 5.74) is 4.03. The lowest BCUT2D eigenvalue weighted by Gasteiger charge is -2.18. The molecule has 0 saturated heterocycles. The maximum atomic E-state index is 12.5. The lowest BCUT2D eigenvalue weighted by molar-refractivity contribution is 0.249. The van der Waals surface area contributed by atoms with Crippen LogP contribution in [0.15, 0.2) is 42.7 Å². The van der Waals surface area contributed by atoms with Crippen LogP contribution in [0.5, 0.6) is 0 Å². The molecule has 1 atom stereocenters. The van der Waals surface area contributed by atoms with Crippen molar-refractivity contribution in [3.8, 4) is 5.00 Å². The van der Waals surface area contributed by atoms with Crippen LogP contribution in [0.2, 0.25) is 5.02 Å². The van der Waals surface area contributed by atoms with E-state index in [9.17, 15) is 4.79 Å². The lowest BCUT2D eigenvalue weighted by atomic mass is 10.1. The number of hydrogen-bond donors (Lipinski definition) is 2. The van der Waals surface area contributed by atoms with E-state index in [-0.39, 0.29) is 12.1 Å². The van der Waals surface area contributed by atoms with E-state index in [1.807, 2.05) is 50.5 Å². The highest BCUT2D eigenvalue weighted by atomic mass is 35.5. The van der Waals surface area contributed by atoms with Crippen molar-refractivity contribution in [3.05, 3.63) is 69.3 Å². The van der Waals surface area contributed by atoms with E-state index in [4.69, 9.17) is 11.6 Å². The van der Waals surface area contributed by atoms with E-state index in [0.29, 0.717) is 10.7 Å². The second-order valence-electron chi connectivity index (χ2n) is 6.37. The van der Waals surface area contributed by atoms with Gasteiger partial charge in [0.05, 0.1) is 6.04 Å². The second-order valence-corrected chi connectivity index (χ2v) is 8.01. The Balaban J connectivity index is 1.81. The molecule has 0 radical (unpaired) electrons. The van der Waals surface area contributed by atoms with Gasteiger partial charge in [-0.2, -0.15) is 0 Å². The van der Waals surface area contributed by atoms with Crippen molar-refractivity contribution >= 4 is 34.7 Å². The molecule has 136 valence electrons. The van der Waals surface area contributed by atoms with Gasteiger partial charge >= 0.3 is 6.03 Å². The number of anilines is 1. The van der Waals surface area contributed by atoms with Gasteiger partial charge in [-0.05, 0) is 63.1 Å². The predicted molar refractivity (Wildman–Crippen MR) is 110 cm³/mol. The molecule has 2 N–H and O–H groups in total. The fourth-order valence-electron chi connectivity index (χ4n) is 2.95. The predicted octanol–water partition coefficient (Wildman–Crippen LogP) is 6.00. The summed E-state index contributed by atoms with van der Waals surface area (Å²) in [6.07, 6.45) is 4.05. The highest BCUT2D eigenvalue weighted by molar-refractivity contribution is 7.14. The van der Waals surface area contributed by atoms with E-state index >= 15 is 0 Å². The number of hydrogen-bond acceptors (Lipinski definition) is 2. The van der Waals surface area contributed by atoms with Gasteiger partial charge in [0.2, 0.25) is 0 Å². The molecule has 0 fully saturated rings. The second kappa shape index (κ2) is 7.56. The van der Waals surface area contributed by atoms with Gasteiger partial charge in [0, 0.05) is 33.5 Å². The molecule has 3 aromatic rings. The number of urea groups is 1. The average molecular weight is 388 g/mol. The van der Waals surface area contributed by atoms with Crippen molar-refractivity contribution < 1.29 is 4.79 Å². The van der Waals surface area contributed by atoms with E-state index in [2.05, 4.69) is 29.0 Å². The molecule has 1 aromatic carbocycles. The Labute approximate surface area is 162 Å². The smallest absolute Gasteiger partial charge is 0.319 e. The molecule has 1 unspecified atom stereocenters. The first-order valence-corrected chi connectivity index (χ1v) is 9.63. The van der Waals surface area contributed by atoms with Crippen LogP contribution in [-0.2, 0) is 0 Å². The molecule has 2 aromatic heterocycles. The maximum Gasteiger partial charge on any atom is 0.319 e. The van der Waals surface area contributed by atoms with Gasteiger partial charge < -0.3 is 15.2 Å². The van der Waals surface area contributed by atoms with E-state index in [1.54, 1.807) is 17.4 Å². The van der Waals surface area contributed by atoms with Crippen molar-refractivity contribution in [2.75, 3.05) is 5.32 Å². The monoisotopic (exact) mass is 387 g/mol. The minimum atomic E-state index is -0.246. The highest BCUT2D eigenvalue weighted by Crippen LogP contribution is 2.35. The van der Waals surface area contributed by atoms with E-state index in [1.165, 1.54) is 10.4 Å². The van der Waals surface area contributed by atoms with Crippen LogP contribution >= 0.6 is 22.9 Å². The van der Waals surface area contributed by atoms with Gasteiger partial charge in [-0.25, -0.2) is 4.79 Å². The molecule has 2 amide bonds. The molecule has 2 heterocycles. The standard InChI is InChI=1S/C20H22ClN3OS/c1-12-7-8-16(21)11-17(12)23-20(25)22-14(3)18-13(2)15(4)26-19(18)24-9-5-6-10-24/h5-11,14H,1-4H3,(H2,22,23,25). The Morgan fingerprint density at radius 2 is 1.88 bits per heavy atom. The molecule has 0 bridgehead atoms. The summed E-state index contributed by atoms with van der Waals surface area (Å²) < 4.78 is 2.09. The van der Waals surface area contributed by atoms with E-state index in [0.717, 1.165) is 16.1 Å². The third-order valence-corrected chi connectivity index (χ3v) is 5.95. The molecule has 0 aliphatic heterocycles. The zero-order valence-electron chi connectivity index (χ0n) is 15.3. The van der Waals surface area contributed by atoms with Crippen LogP contribution in [0, 0.1) is 20.8 Å². The average Bonchev–Trinajstić information content (AvgIpc) is 3.20. The van der Waals surface area contributed by atoms with Crippen LogP contribution in [0.4, 0.5) is 10.5 Å². The Bertz CT molecular complexity index is 931. The zero-order chi connectivity index (χ0) is 18.8. The molecular formula is C20H22ClN3OS. The summed E-state index contributed by atoms with van der Waals surface area (Å²) >= 11 is 7.77. The fourth-order valence-corrected chi connectivity index (χ4v) is 4.35. The number of carbonyl (C=O) groups is 1. The molecule has 0 aliphatic carbocycles. The summed E-state index contributed by atoms with van der Waals surface area (Å²) in [4.78, 5) is 13.8. The van der Waals surface area contributed by atoms with Gasteiger partial charge in [0.15, 0.2) is 0 Å². The van der Waals surface area contributed by atoms with Crippen LogP contribution in [0.1, 0.15) is 34.5 Å². The van der Waals surface area contributed by atoms with Gasteiger partial charge in [0.1, 0.15) is 5.00 Å². The molecule has 0 saturated carbocycles. The van der Waals surface area contributed by atoms with Crippen LogP contribution in [0.25, 0.3) is 5.00 Å². The first-order valence-electron chi connectivity index (χ1n) is 8.43. The van der Waals surface area contributed by atoms with Crippen molar-refractivity contribution in [2.45, 2.75) is 33.7 Å². The molecular weight excluding hydrogens is 366 g/mol. The number of halogens is 1. The fraction of sp³-hybridized carbons (Fsp3) is 0.250. The summed E-state index contributed by atoms with van der Waals surface area (Å²) in [7, 11) is 0. The molecule has 6 heteroatoms. The van der Waals surface area contributed by atoms with Gasteiger partial charge in [-0.3, -0.25) is 0 Å². The molecule has 26 heavy (non-hydrogen) atoms. The Kier molecular flexibility index (Phi) is 5.39. The molecule has 4 nitrogen and oxygen atoms in total. The van der Waals surface area contributed by atoms with Gasteiger partial charge in [0.25, 0.3) is 0 Å². The minimum Gasteiger partial charge on any atom is -0.331 e. The molecule has 0 spiro atoms. The summed E-state index contributed by atoms with van der Waals surface area (Å²) in [5.74, 6) is 0. The highest BCUT2D eigenvalue weighted by Gasteiger charge is 2.21. The number of thiophene rings is 1. The Hall–Kier alpha value is -2.24. The number of aryl methyl sites for hydroxylation is 2. The number of rotatable bonds is 4. The number of benzene rings is 1. The van der Waals surface area contributed by atoms with Gasteiger partial charge in [-0.15, -0.1) is 11.3 Å². The van der Waals surface area contributed by atoms with Crippen molar-refractivity contribution in [2.24, 2.45) is 0 Å². The first kappa shape index (κ1) is 18.5. The summed E-state index contributed by atoms with van der Waals surface area (Å²) in [5, 5.41) is 7.67. The number of nitrogens with zero attached hydrogens (tertiary/aromatic N) is 1. The zero-order valence-corrected chi connectivity index (χ0v) is 16.8. The van der Waals surface area contributed by atoms with Crippen LogP contribution in [0.3, 0.4) is 0 Å². The first-order chi connectivity index (χ1) is 12.4. The maximum absolute atomic E-state index is 12.5. The number of aromatic nitrogens is 1. The third-order valence-electron chi connectivity index (χ3n) is 4.48. The normalized spacial score (nSPS) is 12.0. The van der Waals surface area contributed by atoms with Crippen molar-refractivity contribution in [3.63, 3.8) is 0 Å². The van der Waals surface area contributed by atoms with Crippen LogP contribution in [-0.4, -0.2) is 10.6 Å². The minimum absolute atomic E-state index is 0.128. The van der Waals surface area contributed by atoms with Gasteiger partial charge in [-0.1, -0.05) is 17.7 Å².